The number of amides is 2. The van der Waals surface area contributed by atoms with E-state index < -0.39 is 5.79 Å². The topological polar surface area (TPSA) is 50.8 Å². The van der Waals surface area contributed by atoms with Crippen molar-refractivity contribution in [2.45, 2.75) is 18.1 Å². The van der Waals surface area contributed by atoms with Gasteiger partial charge < -0.3 is 19.7 Å². The summed E-state index contributed by atoms with van der Waals surface area (Å²) in [7, 11) is 0. The van der Waals surface area contributed by atoms with Gasteiger partial charge in [-0.25, -0.2) is 4.79 Å². The molecule has 5 rings (SSSR count). The molecular weight excluding hydrogens is 376 g/mol. The highest BCUT2D eigenvalue weighted by Crippen LogP contribution is 2.42. The smallest absolute Gasteiger partial charge is 0.317 e. The summed E-state index contributed by atoms with van der Waals surface area (Å²) in [5, 5.41) is 3.13. The molecule has 5 nitrogen and oxygen atoms in total. The maximum Gasteiger partial charge on any atom is 0.317 e. The van der Waals surface area contributed by atoms with Gasteiger partial charge >= 0.3 is 6.03 Å². The molecule has 0 saturated carbocycles. The van der Waals surface area contributed by atoms with Crippen LogP contribution in [-0.2, 0) is 0 Å². The van der Waals surface area contributed by atoms with Crippen LogP contribution in [0, 0.1) is 0 Å². The van der Waals surface area contributed by atoms with Gasteiger partial charge in [-0.15, -0.1) is 0 Å². The zero-order valence-electron chi connectivity index (χ0n) is 16.7. The van der Waals surface area contributed by atoms with Gasteiger partial charge in [0.1, 0.15) is 0 Å². The van der Waals surface area contributed by atoms with Crippen molar-refractivity contribution in [2.24, 2.45) is 0 Å². The lowest BCUT2D eigenvalue weighted by Crippen LogP contribution is -2.46. The third-order valence-electron chi connectivity index (χ3n) is 5.78. The minimum atomic E-state index is -0.765. The van der Waals surface area contributed by atoms with E-state index in [-0.39, 0.29) is 11.9 Å². The number of carbonyl (C=O) groups excluding carboxylic acids is 1. The van der Waals surface area contributed by atoms with E-state index in [9.17, 15) is 4.79 Å². The summed E-state index contributed by atoms with van der Waals surface area (Å²) in [4.78, 5) is 14.7. The summed E-state index contributed by atoms with van der Waals surface area (Å²) in [6, 6.07) is 28.1. The number of hydrogen-bond acceptors (Lipinski definition) is 3. The molecule has 30 heavy (non-hydrogen) atoms. The van der Waals surface area contributed by atoms with E-state index in [2.05, 4.69) is 29.6 Å². The largest absolute Gasteiger partial charge is 0.447 e. The Labute approximate surface area is 176 Å². The number of benzene rings is 3. The second-order valence-corrected chi connectivity index (χ2v) is 7.79. The molecule has 2 aliphatic rings. The van der Waals surface area contributed by atoms with Crippen LogP contribution in [0.1, 0.15) is 23.5 Å². The molecule has 0 unspecified atom stereocenters. The van der Waals surface area contributed by atoms with Crippen LogP contribution in [0.4, 0.5) is 4.79 Å². The first kappa shape index (κ1) is 18.6. The Morgan fingerprint density at radius 2 is 1.40 bits per heavy atom. The quantitative estimate of drug-likeness (QED) is 0.706. The minimum absolute atomic E-state index is 0.0908. The lowest BCUT2D eigenvalue weighted by atomic mass is 9.91. The van der Waals surface area contributed by atoms with Crippen LogP contribution in [0.5, 0.6) is 11.5 Å². The van der Waals surface area contributed by atoms with Crippen molar-refractivity contribution in [3.05, 3.63) is 96.1 Å². The number of fused-ring (bicyclic) bond motifs is 1. The van der Waals surface area contributed by atoms with Gasteiger partial charge in [0.25, 0.3) is 5.79 Å². The lowest BCUT2D eigenvalue weighted by molar-refractivity contribution is -0.0650. The fourth-order valence-corrected chi connectivity index (χ4v) is 4.23. The SMILES string of the molecule is O=C(NCC(c1ccccc1)c1ccccc1)N1CCC2(C1)Oc1ccccc1O2. The Kier molecular flexibility index (Phi) is 4.79. The van der Waals surface area contributed by atoms with E-state index in [1.54, 1.807) is 4.90 Å². The predicted molar refractivity (Wildman–Crippen MR) is 115 cm³/mol. The van der Waals surface area contributed by atoms with Crippen LogP contribution in [0.3, 0.4) is 0 Å². The van der Waals surface area contributed by atoms with Crippen molar-refractivity contribution in [1.29, 1.82) is 0 Å². The highest BCUT2D eigenvalue weighted by molar-refractivity contribution is 5.75. The molecule has 0 atom stereocenters. The monoisotopic (exact) mass is 400 g/mol. The Balaban J connectivity index is 1.25. The van der Waals surface area contributed by atoms with Crippen molar-refractivity contribution in [3.8, 4) is 11.5 Å². The number of rotatable bonds is 4. The Bertz CT molecular complexity index is 958. The van der Waals surface area contributed by atoms with Crippen molar-refractivity contribution in [3.63, 3.8) is 0 Å². The van der Waals surface area contributed by atoms with Crippen LogP contribution >= 0.6 is 0 Å². The van der Waals surface area contributed by atoms with Gasteiger partial charge in [-0.2, -0.15) is 0 Å². The molecule has 2 amide bonds. The number of carbonyl (C=O) groups is 1. The molecule has 0 aromatic heterocycles. The number of likely N-dealkylation sites (tertiary alicyclic amines) is 1. The summed E-state index contributed by atoms with van der Waals surface area (Å²) in [6.45, 7) is 1.54. The fourth-order valence-electron chi connectivity index (χ4n) is 4.23. The number of urea groups is 1. The molecule has 152 valence electrons. The molecule has 0 aliphatic carbocycles. The second-order valence-electron chi connectivity index (χ2n) is 7.79. The predicted octanol–water partition coefficient (Wildman–Crippen LogP) is 4.40. The van der Waals surface area contributed by atoms with E-state index in [4.69, 9.17) is 9.47 Å². The minimum Gasteiger partial charge on any atom is -0.447 e. The van der Waals surface area contributed by atoms with Crippen LogP contribution < -0.4 is 14.8 Å². The molecule has 1 fully saturated rings. The third-order valence-corrected chi connectivity index (χ3v) is 5.78. The number of ether oxygens (including phenoxy) is 2. The van der Waals surface area contributed by atoms with Crippen LogP contribution in [0.2, 0.25) is 0 Å². The van der Waals surface area contributed by atoms with Gasteiger partial charge in [0.05, 0.1) is 6.54 Å². The van der Waals surface area contributed by atoms with E-state index in [0.29, 0.717) is 26.1 Å². The summed E-state index contributed by atoms with van der Waals surface area (Å²) >= 11 is 0. The number of nitrogens with zero attached hydrogens (tertiary/aromatic N) is 1. The van der Waals surface area contributed by atoms with Crippen LogP contribution in [-0.4, -0.2) is 36.4 Å². The molecule has 5 heteroatoms. The Hall–Kier alpha value is -3.47. The molecule has 1 saturated heterocycles. The number of nitrogens with one attached hydrogen (secondary N) is 1. The van der Waals surface area contributed by atoms with Crippen molar-refractivity contribution >= 4 is 6.03 Å². The van der Waals surface area contributed by atoms with Crippen LogP contribution in [0.25, 0.3) is 0 Å². The highest BCUT2D eigenvalue weighted by Gasteiger charge is 2.48. The van der Waals surface area contributed by atoms with Gasteiger partial charge in [0, 0.05) is 25.4 Å². The molecular formula is C25H24N2O3. The number of para-hydroxylation sites is 2. The van der Waals surface area contributed by atoms with E-state index >= 15 is 0 Å². The van der Waals surface area contributed by atoms with Crippen molar-refractivity contribution < 1.29 is 14.3 Å². The zero-order chi connectivity index (χ0) is 20.4. The Morgan fingerprint density at radius 3 is 1.97 bits per heavy atom. The molecule has 1 N–H and O–H groups in total. The van der Waals surface area contributed by atoms with E-state index in [1.807, 2.05) is 60.7 Å². The van der Waals surface area contributed by atoms with E-state index in [1.165, 1.54) is 11.1 Å². The normalized spacial score (nSPS) is 16.2. The molecule has 3 aromatic rings. The first-order valence-electron chi connectivity index (χ1n) is 10.3. The maximum atomic E-state index is 12.9. The summed E-state index contributed by atoms with van der Waals surface area (Å²) in [6.07, 6.45) is 0.649. The van der Waals surface area contributed by atoms with Crippen LogP contribution in [0.15, 0.2) is 84.9 Å². The van der Waals surface area contributed by atoms with E-state index in [0.717, 1.165) is 11.5 Å². The van der Waals surface area contributed by atoms with Gasteiger partial charge in [-0.1, -0.05) is 72.8 Å². The number of hydrogen-bond donors (Lipinski definition) is 1. The highest BCUT2D eigenvalue weighted by atomic mass is 16.7. The molecule has 2 heterocycles. The van der Waals surface area contributed by atoms with Crippen molar-refractivity contribution in [2.75, 3.05) is 19.6 Å². The Morgan fingerprint density at radius 1 is 0.867 bits per heavy atom. The summed E-state index contributed by atoms with van der Waals surface area (Å²) < 4.78 is 12.1. The lowest BCUT2D eigenvalue weighted by Gasteiger charge is -2.24. The molecule has 3 aromatic carbocycles. The third kappa shape index (κ3) is 3.59. The zero-order valence-corrected chi connectivity index (χ0v) is 16.7. The van der Waals surface area contributed by atoms with Crippen molar-refractivity contribution in [1.82, 2.24) is 10.2 Å². The molecule has 0 bridgehead atoms. The molecule has 2 aliphatic heterocycles. The average molecular weight is 400 g/mol. The molecule has 0 radical (unpaired) electrons. The summed E-state index contributed by atoms with van der Waals surface area (Å²) in [5.74, 6) is 0.816. The maximum absolute atomic E-state index is 12.9. The van der Waals surface area contributed by atoms with Gasteiger partial charge in [0.15, 0.2) is 11.5 Å². The standard InChI is InChI=1S/C25H24N2O3/c28-24(27-16-15-25(18-27)29-22-13-7-8-14-23(22)30-25)26-17-21(19-9-3-1-4-10-19)20-11-5-2-6-12-20/h1-14,21H,15-18H2,(H,26,28). The molecule has 1 spiro atoms. The summed E-state index contributed by atoms with van der Waals surface area (Å²) in [5.41, 5.74) is 2.36. The second kappa shape index (κ2) is 7.75. The average Bonchev–Trinajstić information content (AvgIpc) is 3.38. The van der Waals surface area contributed by atoms with Gasteiger partial charge in [-0.05, 0) is 23.3 Å². The van der Waals surface area contributed by atoms with Gasteiger partial charge in [0.2, 0.25) is 0 Å². The first-order chi connectivity index (χ1) is 14.7. The fraction of sp³-hybridized carbons (Fsp3) is 0.240. The van der Waals surface area contributed by atoms with Gasteiger partial charge in [-0.3, -0.25) is 0 Å². The first-order valence-corrected chi connectivity index (χ1v) is 10.3.